The van der Waals surface area contributed by atoms with Crippen LogP contribution in [0.1, 0.15) is 11.3 Å². The highest BCUT2D eigenvalue weighted by Gasteiger charge is 2.13. The maximum Gasteiger partial charge on any atom is 0.266 e. The van der Waals surface area contributed by atoms with Gasteiger partial charge in [-0.15, -0.1) is 0 Å². The van der Waals surface area contributed by atoms with Crippen molar-refractivity contribution in [3.8, 4) is 23.1 Å². The number of rotatable bonds is 5. The van der Waals surface area contributed by atoms with Crippen molar-refractivity contribution >= 4 is 17.7 Å². The number of carbonyl (C=O) groups excluding carboxylic acids is 1. The second-order valence-corrected chi connectivity index (χ2v) is 5.89. The maximum atomic E-state index is 12.4. The van der Waals surface area contributed by atoms with Crippen molar-refractivity contribution in [1.29, 1.82) is 5.26 Å². The van der Waals surface area contributed by atoms with Gasteiger partial charge in [-0.1, -0.05) is 42.0 Å². The summed E-state index contributed by atoms with van der Waals surface area (Å²) in [4.78, 5) is 12.4. The van der Waals surface area contributed by atoms with E-state index in [1.54, 1.807) is 30.3 Å². The smallest absolute Gasteiger partial charge is 0.266 e. The highest BCUT2D eigenvalue weighted by Crippen LogP contribution is 2.25. The van der Waals surface area contributed by atoms with Crippen LogP contribution in [0.3, 0.4) is 0 Å². The number of benzene rings is 2. The van der Waals surface area contributed by atoms with E-state index in [-0.39, 0.29) is 5.57 Å². The monoisotopic (exact) mass is 358 g/mol. The van der Waals surface area contributed by atoms with Gasteiger partial charge in [-0.3, -0.25) is 4.79 Å². The van der Waals surface area contributed by atoms with Crippen LogP contribution in [0.4, 0.5) is 5.69 Å². The Morgan fingerprint density at radius 1 is 1.11 bits per heavy atom. The summed E-state index contributed by atoms with van der Waals surface area (Å²) in [5, 5.41) is 12.0. The predicted octanol–water partition coefficient (Wildman–Crippen LogP) is 4.81. The number of aryl methyl sites for hydroxylation is 1. The van der Waals surface area contributed by atoms with E-state index >= 15 is 0 Å². The van der Waals surface area contributed by atoms with E-state index in [0.29, 0.717) is 23.0 Å². The van der Waals surface area contributed by atoms with Gasteiger partial charge in [-0.25, -0.2) is 0 Å². The highest BCUT2D eigenvalue weighted by atomic mass is 16.5. The van der Waals surface area contributed by atoms with Crippen molar-refractivity contribution in [2.75, 3.05) is 12.4 Å². The fourth-order valence-electron chi connectivity index (χ4n) is 2.53. The van der Waals surface area contributed by atoms with Gasteiger partial charge >= 0.3 is 0 Å². The van der Waals surface area contributed by atoms with Gasteiger partial charge in [-0.2, -0.15) is 5.26 Å². The van der Waals surface area contributed by atoms with E-state index in [1.807, 2.05) is 43.3 Å². The van der Waals surface area contributed by atoms with Crippen molar-refractivity contribution in [2.45, 2.75) is 6.92 Å². The minimum absolute atomic E-state index is 0.0642. The van der Waals surface area contributed by atoms with Crippen molar-refractivity contribution in [3.63, 3.8) is 0 Å². The first kappa shape index (κ1) is 18.0. The fraction of sp³-hybridized carbons (Fsp3) is 0.0909. The van der Waals surface area contributed by atoms with E-state index in [2.05, 4.69) is 5.32 Å². The highest BCUT2D eigenvalue weighted by molar-refractivity contribution is 6.10. The van der Waals surface area contributed by atoms with Crippen LogP contribution in [0.2, 0.25) is 0 Å². The van der Waals surface area contributed by atoms with Gasteiger partial charge in [0.1, 0.15) is 28.9 Å². The van der Waals surface area contributed by atoms with Crippen LogP contribution in [-0.4, -0.2) is 13.0 Å². The molecule has 0 bridgehead atoms. The van der Waals surface area contributed by atoms with Gasteiger partial charge in [0.15, 0.2) is 0 Å². The number of nitrogens with zero attached hydrogens (tertiary/aromatic N) is 1. The predicted molar refractivity (Wildman–Crippen MR) is 104 cm³/mol. The molecule has 0 aliphatic carbocycles. The number of nitriles is 1. The lowest BCUT2D eigenvalue weighted by atomic mass is 10.1. The van der Waals surface area contributed by atoms with Crippen LogP contribution in [0.5, 0.6) is 5.75 Å². The number of ether oxygens (including phenoxy) is 1. The fourth-order valence-corrected chi connectivity index (χ4v) is 2.53. The van der Waals surface area contributed by atoms with Crippen molar-refractivity contribution in [3.05, 3.63) is 77.6 Å². The number of hydrogen-bond acceptors (Lipinski definition) is 4. The minimum Gasteiger partial charge on any atom is -0.495 e. The molecule has 3 aromatic rings. The van der Waals surface area contributed by atoms with Gasteiger partial charge in [0.2, 0.25) is 0 Å². The molecule has 3 rings (SSSR count). The van der Waals surface area contributed by atoms with Crippen LogP contribution in [0.15, 0.2) is 70.7 Å². The Bertz CT molecular complexity index is 1020. The Hall–Kier alpha value is -3.78. The number of para-hydroxylation sites is 2. The van der Waals surface area contributed by atoms with Crippen LogP contribution in [0.25, 0.3) is 17.4 Å². The summed E-state index contributed by atoms with van der Waals surface area (Å²) in [5.41, 5.74) is 2.51. The van der Waals surface area contributed by atoms with Gasteiger partial charge in [0, 0.05) is 11.6 Å². The molecule has 0 atom stereocenters. The first-order chi connectivity index (χ1) is 13.1. The molecule has 0 radical (unpaired) electrons. The second-order valence-electron chi connectivity index (χ2n) is 5.89. The van der Waals surface area contributed by atoms with E-state index in [1.165, 1.54) is 13.2 Å². The zero-order valence-corrected chi connectivity index (χ0v) is 15.0. The van der Waals surface area contributed by atoms with Crippen LogP contribution in [0, 0.1) is 18.3 Å². The Morgan fingerprint density at radius 3 is 2.56 bits per heavy atom. The molecule has 0 fully saturated rings. The lowest BCUT2D eigenvalue weighted by Crippen LogP contribution is -2.14. The third-order valence-corrected chi connectivity index (χ3v) is 3.97. The van der Waals surface area contributed by atoms with Crippen molar-refractivity contribution in [2.24, 2.45) is 0 Å². The molecule has 0 spiro atoms. The zero-order chi connectivity index (χ0) is 19.2. The molecule has 0 saturated carbocycles. The molecule has 1 amide bonds. The number of carbonyl (C=O) groups is 1. The second kappa shape index (κ2) is 8.07. The molecule has 0 aliphatic rings. The summed E-state index contributed by atoms with van der Waals surface area (Å²) in [6.07, 6.45) is 1.42. The summed E-state index contributed by atoms with van der Waals surface area (Å²) in [6, 6.07) is 20.4. The maximum absolute atomic E-state index is 12.4. The third-order valence-electron chi connectivity index (χ3n) is 3.97. The molecule has 0 saturated heterocycles. The standard InChI is InChI=1S/C22H18N2O3/c1-15-7-9-16(10-8-15)20-12-11-18(27-20)13-17(14-23)22(25)24-19-5-3-4-6-21(19)26-2/h3-13H,1-2H3,(H,24,25). The molecule has 5 nitrogen and oxygen atoms in total. The number of hydrogen-bond donors (Lipinski definition) is 1. The van der Waals surface area contributed by atoms with Crippen LogP contribution in [-0.2, 0) is 4.79 Å². The molecule has 1 aromatic heterocycles. The van der Waals surface area contributed by atoms with Crippen molar-refractivity contribution < 1.29 is 13.9 Å². The molecule has 0 unspecified atom stereocenters. The molecule has 1 heterocycles. The Kier molecular flexibility index (Phi) is 5.38. The zero-order valence-electron chi connectivity index (χ0n) is 15.0. The normalized spacial score (nSPS) is 10.9. The minimum atomic E-state index is -0.532. The van der Waals surface area contributed by atoms with E-state index in [4.69, 9.17) is 9.15 Å². The van der Waals surface area contributed by atoms with E-state index in [0.717, 1.165) is 11.1 Å². The molecule has 27 heavy (non-hydrogen) atoms. The summed E-state index contributed by atoms with van der Waals surface area (Å²) < 4.78 is 11.0. The Morgan fingerprint density at radius 2 is 1.85 bits per heavy atom. The topological polar surface area (TPSA) is 75.3 Å². The lowest BCUT2D eigenvalue weighted by molar-refractivity contribution is -0.112. The first-order valence-electron chi connectivity index (χ1n) is 8.34. The molecule has 134 valence electrons. The first-order valence-corrected chi connectivity index (χ1v) is 8.34. The third kappa shape index (κ3) is 4.25. The average Bonchev–Trinajstić information content (AvgIpc) is 3.15. The summed E-state index contributed by atoms with van der Waals surface area (Å²) >= 11 is 0. The molecular weight excluding hydrogens is 340 g/mol. The quantitative estimate of drug-likeness (QED) is 0.525. The SMILES string of the molecule is COc1ccccc1NC(=O)C(C#N)=Cc1ccc(-c2ccc(C)cc2)o1. The Labute approximate surface area is 157 Å². The number of nitrogens with one attached hydrogen (secondary N) is 1. The molecule has 2 aromatic carbocycles. The van der Waals surface area contributed by atoms with Gasteiger partial charge in [0.05, 0.1) is 12.8 Å². The van der Waals surface area contributed by atoms with Gasteiger partial charge in [0.25, 0.3) is 5.91 Å². The summed E-state index contributed by atoms with van der Waals surface area (Å²) in [5.74, 6) is 1.08. The molecule has 0 aliphatic heterocycles. The van der Waals surface area contributed by atoms with Gasteiger partial charge < -0.3 is 14.5 Å². The number of methoxy groups -OCH3 is 1. The van der Waals surface area contributed by atoms with Gasteiger partial charge in [-0.05, 0) is 31.2 Å². The molecule has 1 N–H and O–H groups in total. The van der Waals surface area contributed by atoms with Crippen LogP contribution >= 0.6 is 0 Å². The molecular formula is C22H18N2O3. The summed E-state index contributed by atoms with van der Waals surface area (Å²) in [6.45, 7) is 2.01. The number of anilines is 1. The Balaban J connectivity index is 1.81. The van der Waals surface area contributed by atoms with Crippen LogP contribution < -0.4 is 10.1 Å². The van der Waals surface area contributed by atoms with Crippen molar-refractivity contribution in [1.82, 2.24) is 0 Å². The average molecular weight is 358 g/mol. The molecule has 5 heteroatoms. The van der Waals surface area contributed by atoms with E-state index < -0.39 is 5.91 Å². The van der Waals surface area contributed by atoms with E-state index in [9.17, 15) is 10.1 Å². The summed E-state index contributed by atoms with van der Waals surface area (Å²) in [7, 11) is 1.52. The number of furan rings is 1. The lowest BCUT2D eigenvalue weighted by Gasteiger charge is -2.08. The number of amides is 1. The largest absolute Gasteiger partial charge is 0.495 e.